The highest BCUT2D eigenvalue weighted by Crippen LogP contribution is 2.31. The molecule has 0 heterocycles. The van der Waals surface area contributed by atoms with Crippen LogP contribution in [0, 0.1) is 29.0 Å². The lowest BCUT2D eigenvalue weighted by Gasteiger charge is -2.29. The number of sulfonamides is 1. The van der Waals surface area contributed by atoms with Crippen LogP contribution in [0.4, 0.5) is 10.1 Å². The van der Waals surface area contributed by atoms with E-state index in [1.807, 2.05) is 51.1 Å². The fraction of sp³-hybridized carbons (Fsp3) is 0.391. The predicted octanol–water partition coefficient (Wildman–Crippen LogP) is 4.26. The molecule has 0 fully saturated rings. The van der Waals surface area contributed by atoms with Crippen LogP contribution in [0.3, 0.4) is 0 Å². The molecule has 0 aliphatic rings. The maximum Gasteiger partial charge on any atom is 0.211 e. The Balaban J connectivity index is 1.79. The summed E-state index contributed by atoms with van der Waals surface area (Å²) in [7, 11) is -3.40. The smallest absolute Gasteiger partial charge is 0.211 e. The molecule has 2 aromatic rings. The third kappa shape index (κ3) is 8.26. The summed E-state index contributed by atoms with van der Waals surface area (Å²) in [6, 6.07) is 15.7. The quantitative estimate of drug-likeness (QED) is 0.474. The Morgan fingerprint density at radius 3 is 2.34 bits per heavy atom. The zero-order valence-electron chi connectivity index (χ0n) is 17.2. The van der Waals surface area contributed by atoms with Crippen molar-refractivity contribution in [3.05, 3.63) is 66.0 Å². The van der Waals surface area contributed by atoms with Gasteiger partial charge in [0.2, 0.25) is 10.0 Å². The number of anilines is 1. The van der Waals surface area contributed by atoms with Gasteiger partial charge in [-0.05, 0) is 47.7 Å². The van der Waals surface area contributed by atoms with Crippen LogP contribution in [0.1, 0.15) is 32.8 Å². The van der Waals surface area contributed by atoms with Gasteiger partial charge in [-0.3, -0.25) is 0 Å². The largest absolute Gasteiger partial charge is 0.384 e. The van der Waals surface area contributed by atoms with E-state index in [1.165, 1.54) is 12.1 Å². The molecule has 0 spiro atoms. The van der Waals surface area contributed by atoms with Crippen molar-refractivity contribution in [1.29, 1.82) is 0 Å². The number of benzene rings is 2. The first-order valence-electron chi connectivity index (χ1n) is 9.69. The van der Waals surface area contributed by atoms with E-state index < -0.39 is 10.0 Å². The third-order valence-corrected chi connectivity index (χ3v) is 6.56. The lowest BCUT2D eigenvalue weighted by atomic mass is 9.78. The summed E-state index contributed by atoms with van der Waals surface area (Å²) in [4.78, 5) is 0. The Labute approximate surface area is 174 Å². The Bertz CT molecular complexity index is 930. The van der Waals surface area contributed by atoms with Gasteiger partial charge < -0.3 is 5.32 Å². The Morgan fingerprint density at radius 1 is 1.03 bits per heavy atom. The van der Waals surface area contributed by atoms with E-state index in [0.29, 0.717) is 13.0 Å². The molecule has 0 saturated heterocycles. The molecule has 2 aromatic carbocycles. The van der Waals surface area contributed by atoms with Crippen molar-refractivity contribution in [2.24, 2.45) is 11.3 Å². The summed E-state index contributed by atoms with van der Waals surface area (Å²) in [5.41, 5.74) is 1.47. The van der Waals surface area contributed by atoms with Gasteiger partial charge in [-0.25, -0.2) is 17.5 Å². The third-order valence-electron chi connectivity index (χ3n) is 4.97. The van der Waals surface area contributed by atoms with Gasteiger partial charge in [-0.2, -0.15) is 0 Å². The second-order valence-electron chi connectivity index (χ2n) is 7.84. The Hall–Kier alpha value is -2.36. The molecule has 156 valence electrons. The first-order valence-corrected chi connectivity index (χ1v) is 11.3. The number of hydrogen-bond donors (Lipinski definition) is 2. The van der Waals surface area contributed by atoms with E-state index in [2.05, 4.69) is 21.9 Å². The molecular formula is C23H29FN2O2S. The Morgan fingerprint density at radius 2 is 1.69 bits per heavy atom. The zero-order chi connectivity index (χ0) is 21.3. The number of halogens is 1. The second-order valence-corrected chi connectivity index (χ2v) is 9.70. The van der Waals surface area contributed by atoms with E-state index >= 15 is 0 Å². The van der Waals surface area contributed by atoms with Gasteiger partial charge >= 0.3 is 0 Å². The number of rotatable bonds is 9. The van der Waals surface area contributed by atoms with Crippen LogP contribution in [-0.4, -0.2) is 27.3 Å². The van der Waals surface area contributed by atoms with Crippen molar-refractivity contribution in [1.82, 2.24) is 4.72 Å². The van der Waals surface area contributed by atoms with Gasteiger partial charge in [0.25, 0.3) is 0 Å². The van der Waals surface area contributed by atoms with Crippen molar-refractivity contribution in [2.45, 2.75) is 27.2 Å². The summed E-state index contributed by atoms with van der Waals surface area (Å²) >= 11 is 0. The maximum atomic E-state index is 12.9. The van der Waals surface area contributed by atoms with Gasteiger partial charge in [0.1, 0.15) is 5.82 Å². The van der Waals surface area contributed by atoms with Crippen LogP contribution in [0.5, 0.6) is 0 Å². The molecular weight excluding hydrogens is 387 g/mol. The molecule has 1 atom stereocenters. The van der Waals surface area contributed by atoms with Crippen LogP contribution in [-0.2, 0) is 10.0 Å². The van der Waals surface area contributed by atoms with Gasteiger partial charge in [-0.1, -0.05) is 50.8 Å². The molecule has 6 heteroatoms. The van der Waals surface area contributed by atoms with Gasteiger partial charge in [0.05, 0.1) is 5.75 Å². The molecule has 1 unspecified atom stereocenters. The summed E-state index contributed by atoms with van der Waals surface area (Å²) in [5.74, 6) is 5.99. The number of hydrogen-bond acceptors (Lipinski definition) is 3. The highest BCUT2D eigenvalue weighted by Gasteiger charge is 2.29. The van der Waals surface area contributed by atoms with Crippen molar-refractivity contribution < 1.29 is 12.8 Å². The topological polar surface area (TPSA) is 58.2 Å². The van der Waals surface area contributed by atoms with E-state index in [0.717, 1.165) is 11.3 Å². The van der Waals surface area contributed by atoms with Crippen LogP contribution in [0.2, 0.25) is 0 Å². The lowest BCUT2D eigenvalue weighted by molar-refractivity contribution is 0.259. The SMILES string of the molecule is CC(CS(=O)(=O)NCCNc1ccc(F)cc1)C(C)(C)CC#Cc1ccccc1. The Kier molecular flexibility index (Phi) is 8.24. The molecule has 0 aliphatic heterocycles. The average molecular weight is 417 g/mol. The molecule has 0 saturated carbocycles. The van der Waals surface area contributed by atoms with E-state index in [4.69, 9.17) is 0 Å². The van der Waals surface area contributed by atoms with Crippen molar-refractivity contribution in [3.63, 3.8) is 0 Å². The molecule has 2 N–H and O–H groups in total. The van der Waals surface area contributed by atoms with Crippen molar-refractivity contribution in [3.8, 4) is 11.8 Å². The minimum Gasteiger partial charge on any atom is -0.384 e. The first kappa shape index (κ1) is 22.9. The molecule has 0 bridgehead atoms. The van der Waals surface area contributed by atoms with E-state index in [9.17, 15) is 12.8 Å². The van der Waals surface area contributed by atoms with Crippen LogP contribution >= 0.6 is 0 Å². The fourth-order valence-electron chi connectivity index (χ4n) is 2.66. The highest BCUT2D eigenvalue weighted by atomic mass is 32.2. The average Bonchev–Trinajstić information content (AvgIpc) is 2.67. The maximum absolute atomic E-state index is 12.9. The normalized spacial score (nSPS) is 12.7. The molecule has 0 radical (unpaired) electrons. The highest BCUT2D eigenvalue weighted by molar-refractivity contribution is 7.89. The van der Waals surface area contributed by atoms with E-state index in [-0.39, 0.29) is 29.4 Å². The molecule has 0 aliphatic carbocycles. The van der Waals surface area contributed by atoms with Crippen molar-refractivity contribution >= 4 is 15.7 Å². The fourth-order valence-corrected chi connectivity index (χ4v) is 4.30. The molecule has 29 heavy (non-hydrogen) atoms. The van der Waals surface area contributed by atoms with E-state index in [1.54, 1.807) is 12.1 Å². The molecule has 4 nitrogen and oxygen atoms in total. The number of nitrogens with one attached hydrogen (secondary N) is 2. The summed E-state index contributed by atoms with van der Waals surface area (Å²) in [6.45, 7) is 6.72. The zero-order valence-corrected chi connectivity index (χ0v) is 18.0. The molecule has 0 aromatic heterocycles. The van der Waals surface area contributed by atoms with Crippen LogP contribution < -0.4 is 10.0 Å². The lowest BCUT2D eigenvalue weighted by Crippen LogP contribution is -2.36. The van der Waals surface area contributed by atoms with Gasteiger partial charge in [0.15, 0.2) is 0 Å². The standard InChI is InChI=1S/C23H29FN2O2S/c1-19(23(2,3)15-7-10-20-8-5-4-6-9-20)18-29(27,28)26-17-16-25-22-13-11-21(24)12-14-22/h4-6,8-9,11-14,19,25-26H,15-18H2,1-3H3. The monoisotopic (exact) mass is 416 g/mol. The van der Waals surface area contributed by atoms with Crippen LogP contribution in [0.25, 0.3) is 0 Å². The molecule has 2 rings (SSSR count). The van der Waals surface area contributed by atoms with Gasteiger partial charge in [-0.15, -0.1) is 0 Å². The summed E-state index contributed by atoms with van der Waals surface area (Å²) < 4.78 is 40.3. The summed E-state index contributed by atoms with van der Waals surface area (Å²) in [5, 5.41) is 3.06. The minimum atomic E-state index is -3.40. The summed E-state index contributed by atoms with van der Waals surface area (Å²) in [6.07, 6.45) is 0.616. The predicted molar refractivity (Wildman–Crippen MR) is 118 cm³/mol. The molecule has 0 amide bonds. The van der Waals surface area contributed by atoms with Gasteiger partial charge in [0, 0.05) is 30.8 Å². The first-order chi connectivity index (χ1) is 13.7. The van der Waals surface area contributed by atoms with Crippen molar-refractivity contribution in [2.75, 3.05) is 24.2 Å². The minimum absolute atomic E-state index is 0.0452. The second kappa shape index (κ2) is 10.4. The van der Waals surface area contributed by atoms with Crippen LogP contribution in [0.15, 0.2) is 54.6 Å².